The van der Waals surface area contributed by atoms with Crippen LogP contribution in [0.4, 0.5) is 0 Å². The molecule has 0 unspecified atom stereocenters. The molecule has 1 heterocycles. The molecule has 3 aromatic carbocycles. The van der Waals surface area contributed by atoms with E-state index in [0.29, 0.717) is 16.5 Å². The Labute approximate surface area is 274 Å². The van der Waals surface area contributed by atoms with E-state index in [4.69, 9.17) is 21.1 Å². The van der Waals surface area contributed by atoms with Crippen molar-refractivity contribution < 1.29 is 28.7 Å². The highest BCUT2D eigenvalue weighted by Gasteiger charge is 2.30. The van der Waals surface area contributed by atoms with Crippen molar-refractivity contribution >= 4 is 35.2 Å². The smallest absolute Gasteiger partial charge is 0.255 e. The summed E-state index contributed by atoms with van der Waals surface area (Å²) < 4.78 is 11.9. The lowest BCUT2D eigenvalue weighted by Gasteiger charge is -2.27. The van der Waals surface area contributed by atoms with Crippen molar-refractivity contribution in [2.75, 3.05) is 33.4 Å². The van der Waals surface area contributed by atoms with Crippen LogP contribution < -0.4 is 25.4 Å². The number of carbonyl (C=O) groups excluding carboxylic acids is 4. The molecule has 4 rings (SSSR count). The standard InChI is InChI=1S/C35H41ClN4O6/c1-22(2)26-20-27(36)23(3)18-31(26)45-16-14-37-34(43)28-21-32(41)38-29(19-24-10-6-5-7-11-24)35(44)40(4)15-17-46-30-13-9-8-12-25(30)33(42)39-28/h5-13,18,20,22,28-29H,14-17,19,21H2,1-4H3,(H,37,43)(H,38,41)(H,39,42)/t28-,29-/m0/s1. The van der Waals surface area contributed by atoms with E-state index in [1.54, 1.807) is 31.3 Å². The Morgan fingerprint density at radius 1 is 1.07 bits per heavy atom. The summed E-state index contributed by atoms with van der Waals surface area (Å²) in [6, 6.07) is 17.6. The van der Waals surface area contributed by atoms with Gasteiger partial charge in [-0.05, 0) is 53.8 Å². The first-order chi connectivity index (χ1) is 22.0. The summed E-state index contributed by atoms with van der Waals surface area (Å²) in [6.07, 6.45) is -0.139. The van der Waals surface area contributed by atoms with Gasteiger partial charge in [-0.25, -0.2) is 0 Å². The van der Waals surface area contributed by atoms with E-state index in [2.05, 4.69) is 16.0 Å². The zero-order valence-corrected chi connectivity index (χ0v) is 27.4. The highest BCUT2D eigenvalue weighted by atomic mass is 35.5. The molecule has 2 atom stereocenters. The fourth-order valence-electron chi connectivity index (χ4n) is 5.09. The number of hydrogen-bond acceptors (Lipinski definition) is 6. The van der Waals surface area contributed by atoms with Crippen LogP contribution in [0.1, 0.15) is 53.2 Å². The maximum absolute atomic E-state index is 13.5. The molecular weight excluding hydrogens is 608 g/mol. The summed E-state index contributed by atoms with van der Waals surface area (Å²) in [5.74, 6) is -0.851. The summed E-state index contributed by atoms with van der Waals surface area (Å²) in [6.45, 7) is 6.58. The molecule has 10 nitrogen and oxygen atoms in total. The second-order valence-corrected chi connectivity index (χ2v) is 12.0. The molecule has 0 saturated carbocycles. The van der Waals surface area contributed by atoms with E-state index in [0.717, 1.165) is 16.7 Å². The van der Waals surface area contributed by atoms with Crippen molar-refractivity contribution in [3.05, 3.63) is 94.0 Å². The third-order valence-corrected chi connectivity index (χ3v) is 8.10. The molecule has 0 spiro atoms. The number of benzene rings is 3. The molecule has 0 fully saturated rings. The van der Waals surface area contributed by atoms with Gasteiger partial charge in [0.1, 0.15) is 36.8 Å². The fraction of sp³-hybridized carbons (Fsp3) is 0.371. The Balaban J connectivity index is 1.52. The molecule has 0 aliphatic carbocycles. The third kappa shape index (κ3) is 9.23. The van der Waals surface area contributed by atoms with E-state index in [-0.39, 0.29) is 50.1 Å². The number of rotatable bonds is 8. The minimum atomic E-state index is -1.24. The van der Waals surface area contributed by atoms with Gasteiger partial charge in [-0.2, -0.15) is 0 Å². The number of halogens is 1. The van der Waals surface area contributed by atoms with Crippen molar-refractivity contribution in [2.24, 2.45) is 0 Å². The summed E-state index contributed by atoms with van der Waals surface area (Å²) in [5.41, 5.74) is 2.89. The number of fused-ring (bicyclic) bond motifs is 1. The van der Waals surface area contributed by atoms with E-state index < -0.39 is 36.2 Å². The highest BCUT2D eigenvalue weighted by Crippen LogP contribution is 2.32. The molecule has 0 saturated heterocycles. The van der Waals surface area contributed by atoms with Gasteiger partial charge in [-0.3, -0.25) is 19.2 Å². The van der Waals surface area contributed by atoms with Crippen LogP contribution in [-0.2, 0) is 20.8 Å². The van der Waals surface area contributed by atoms with Gasteiger partial charge in [-0.15, -0.1) is 0 Å². The molecule has 0 radical (unpaired) electrons. The largest absolute Gasteiger partial charge is 0.491 e. The number of hydrogen-bond donors (Lipinski definition) is 3. The molecule has 1 aliphatic rings. The molecule has 1 aliphatic heterocycles. The van der Waals surface area contributed by atoms with Crippen LogP contribution in [0.15, 0.2) is 66.7 Å². The van der Waals surface area contributed by atoms with Crippen molar-refractivity contribution in [3.63, 3.8) is 0 Å². The highest BCUT2D eigenvalue weighted by molar-refractivity contribution is 6.31. The van der Waals surface area contributed by atoms with Gasteiger partial charge in [0.25, 0.3) is 5.91 Å². The average molecular weight is 649 g/mol. The predicted octanol–water partition coefficient (Wildman–Crippen LogP) is 4.03. The first kappa shape index (κ1) is 34.3. The predicted molar refractivity (Wildman–Crippen MR) is 176 cm³/mol. The molecular formula is C35H41ClN4O6. The summed E-state index contributed by atoms with van der Waals surface area (Å²) in [4.78, 5) is 55.1. The monoisotopic (exact) mass is 648 g/mol. The van der Waals surface area contributed by atoms with Gasteiger partial charge in [0, 0.05) is 18.5 Å². The number of ether oxygens (including phenoxy) is 2. The second-order valence-electron chi connectivity index (χ2n) is 11.6. The van der Waals surface area contributed by atoms with Crippen molar-refractivity contribution in [1.29, 1.82) is 0 Å². The van der Waals surface area contributed by atoms with Crippen LogP contribution in [-0.4, -0.2) is 74.0 Å². The van der Waals surface area contributed by atoms with Crippen LogP contribution >= 0.6 is 11.6 Å². The maximum atomic E-state index is 13.5. The van der Waals surface area contributed by atoms with E-state index in [1.807, 2.05) is 63.2 Å². The molecule has 11 heteroatoms. The van der Waals surface area contributed by atoms with Crippen molar-refractivity contribution in [1.82, 2.24) is 20.9 Å². The SMILES string of the molecule is Cc1cc(OCCNC(=O)[C@@H]2CC(=O)N[C@@H](Cc3ccccc3)C(=O)N(C)CCOc3ccccc3C(=O)N2)c(C(C)C)cc1Cl. The molecule has 3 aromatic rings. The van der Waals surface area contributed by atoms with Crippen LogP contribution in [0, 0.1) is 6.92 Å². The van der Waals surface area contributed by atoms with Gasteiger partial charge in [0.05, 0.1) is 25.1 Å². The lowest BCUT2D eigenvalue weighted by atomic mass is 10.0. The number of amides is 4. The Morgan fingerprint density at radius 3 is 2.52 bits per heavy atom. The normalized spacial score (nSPS) is 17.7. The van der Waals surface area contributed by atoms with Crippen LogP contribution in [0.5, 0.6) is 11.5 Å². The Hall–Kier alpha value is -4.57. The lowest BCUT2D eigenvalue weighted by Crippen LogP contribution is -2.53. The Bertz CT molecular complexity index is 1550. The molecule has 0 aromatic heterocycles. The maximum Gasteiger partial charge on any atom is 0.255 e. The number of nitrogens with one attached hydrogen (secondary N) is 3. The molecule has 4 amide bonds. The third-order valence-electron chi connectivity index (χ3n) is 7.69. The number of para-hydroxylation sites is 1. The first-order valence-corrected chi connectivity index (χ1v) is 15.7. The summed E-state index contributed by atoms with van der Waals surface area (Å²) >= 11 is 6.31. The minimum absolute atomic E-state index is 0.117. The Morgan fingerprint density at radius 2 is 1.78 bits per heavy atom. The number of carbonyl (C=O) groups is 4. The van der Waals surface area contributed by atoms with Gasteiger partial charge >= 0.3 is 0 Å². The Kier molecular flexibility index (Phi) is 12.0. The van der Waals surface area contributed by atoms with Gasteiger partial charge in [0.15, 0.2) is 0 Å². The zero-order chi connectivity index (χ0) is 33.2. The summed E-state index contributed by atoms with van der Waals surface area (Å²) in [7, 11) is 1.63. The van der Waals surface area contributed by atoms with Crippen LogP contribution in [0.3, 0.4) is 0 Å². The molecule has 46 heavy (non-hydrogen) atoms. The summed E-state index contributed by atoms with van der Waals surface area (Å²) in [5, 5.41) is 8.92. The van der Waals surface area contributed by atoms with E-state index >= 15 is 0 Å². The fourth-order valence-corrected chi connectivity index (χ4v) is 5.26. The molecule has 0 bridgehead atoms. The van der Waals surface area contributed by atoms with E-state index in [9.17, 15) is 19.2 Å². The van der Waals surface area contributed by atoms with Gasteiger partial charge < -0.3 is 30.3 Å². The zero-order valence-electron chi connectivity index (χ0n) is 26.6. The topological polar surface area (TPSA) is 126 Å². The van der Waals surface area contributed by atoms with E-state index in [1.165, 1.54) is 4.90 Å². The lowest BCUT2D eigenvalue weighted by molar-refractivity contribution is -0.136. The number of likely N-dealkylation sites (N-methyl/N-ethyl adjacent to an activating group) is 1. The van der Waals surface area contributed by atoms with Gasteiger partial charge in [-0.1, -0.05) is 67.9 Å². The molecule has 3 N–H and O–H groups in total. The number of aryl methyl sites for hydroxylation is 1. The quantitative estimate of drug-likeness (QED) is 0.317. The van der Waals surface area contributed by atoms with Crippen LogP contribution in [0.2, 0.25) is 5.02 Å². The van der Waals surface area contributed by atoms with Crippen molar-refractivity contribution in [3.8, 4) is 11.5 Å². The average Bonchev–Trinajstić information content (AvgIpc) is 3.03. The van der Waals surface area contributed by atoms with Crippen molar-refractivity contribution in [2.45, 2.75) is 51.6 Å². The molecule has 244 valence electrons. The minimum Gasteiger partial charge on any atom is -0.491 e. The van der Waals surface area contributed by atoms with Crippen LogP contribution in [0.25, 0.3) is 0 Å². The number of nitrogens with zero attached hydrogens (tertiary/aromatic N) is 1. The second kappa shape index (κ2) is 16.1. The van der Waals surface area contributed by atoms with Gasteiger partial charge in [0.2, 0.25) is 17.7 Å². The first-order valence-electron chi connectivity index (χ1n) is 15.3.